The molecule has 1 aromatic heterocycles. The van der Waals surface area contributed by atoms with Crippen molar-refractivity contribution in [2.24, 2.45) is 5.10 Å². The Morgan fingerprint density at radius 2 is 1.79 bits per heavy atom. The Bertz CT molecular complexity index is 1230. The monoisotopic (exact) mass is 445 g/mol. The van der Waals surface area contributed by atoms with Crippen LogP contribution in [0.4, 0.5) is 5.69 Å². The van der Waals surface area contributed by atoms with Crippen LogP contribution in [0.2, 0.25) is 0 Å². The summed E-state index contributed by atoms with van der Waals surface area (Å²) in [6, 6.07) is 14.6. The van der Waals surface area contributed by atoms with Crippen molar-refractivity contribution in [2.75, 3.05) is 11.9 Å². The molecule has 0 aliphatic heterocycles. The van der Waals surface area contributed by atoms with Gasteiger partial charge < -0.3 is 14.5 Å². The van der Waals surface area contributed by atoms with Crippen LogP contribution in [0.25, 0.3) is 0 Å². The molecule has 4 rings (SSSR count). The first kappa shape index (κ1) is 22.3. The van der Waals surface area contributed by atoms with Crippen LogP contribution in [-0.2, 0) is 6.42 Å². The molecule has 1 aliphatic rings. The minimum atomic E-state index is -0.350. The smallest absolute Gasteiger partial charge is 0.291 e. The highest BCUT2D eigenvalue weighted by Gasteiger charge is 2.28. The maximum atomic E-state index is 13.0. The number of furan rings is 1. The molecule has 2 aromatic carbocycles. The lowest BCUT2D eigenvalue weighted by Gasteiger charge is -2.13. The molecule has 1 heterocycles. The van der Waals surface area contributed by atoms with Gasteiger partial charge in [0, 0.05) is 23.1 Å². The van der Waals surface area contributed by atoms with E-state index in [0.717, 1.165) is 17.5 Å². The Hall–Kier alpha value is -3.87. The van der Waals surface area contributed by atoms with E-state index in [-0.39, 0.29) is 17.6 Å². The SMILES string of the molecule is CCOc1ccccc1NC(=O)c1oc2c(c1C)/C(=N/NC(=O)c1ccccc1C)CCC2. The van der Waals surface area contributed by atoms with E-state index in [9.17, 15) is 9.59 Å². The minimum absolute atomic E-state index is 0.242. The third kappa shape index (κ3) is 4.67. The van der Waals surface area contributed by atoms with Gasteiger partial charge in [-0.15, -0.1) is 0 Å². The summed E-state index contributed by atoms with van der Waals surface area (Å²) < 4.78 is 11.6. The summed E-state index contributed by atoms with van der Waals surface area (Å²) in [5.41, 5.74) is 6.93. The molecule has 33 heavy (non-hydrogen) atoms. The molecule has 2 N–H and O–H groups in total. The number of hydrogen-bond acceptors (Lipinski definition) is 5. The van der Waals surface area contributed by atoms with Gasteiger partial charge in [0.05, 0.1) is 18.0 Å². The number of anilines is 1. The Kier molecular flexibility index (Phi) is 6.58. The predicted octanol–water partition coefficient (Wildman–Crippen LogP) is 5.02. The van der Waals surface area contributed by atoms with Gasteiger partial charge >= 0.3 is 0 Å². The minimum Gasteiger partial charge on any atom is -0.492 e. The number of aryl methyl sites for hydroxylation is 2. The van der Waals surface area contributed by atoms with E-state index in [2.05, 4.69) is 15.8 Å². The normalized spacial score (nSPS) is 14.0. The van der Waals surface area contributed by atoms with Crippen LogP contribution in [0.5, 0.6) is 5.75 Å². The van der Waals surface area contributed by atoms with E-state index >= 15 is 0 Å². The van der Waals surface area contributed by atoms with Crippen molar-refractivity contribution in [3.8, 4) is 5.75 Å². The first-order valence-corrected chi connectivity index (χ1v) is 11.1. The van der Waals surface area contributed by atoms with Gasteiger partial charge in [-0.05, 0) is 57.4 Å². The summed E-state index contributed by atoms with van der Waals surface area (Å²) in [4.78, 5) is 25.6. The fourth-order valence-electron chi connectivity index (χ4n) is 4.03. The van der Waals surface area contributed by atoms with E-state index in [1.54, 1.807) is 18.2 Å². The number of benzene rings is 2. The molecule has 170 valence electrons. The zero-order valence-electron chi connectivity index (χ0n) is 19.0. The maximum absolute atomic E-state index is 13.0. The molecule has 0 spiro atoms. The number of amides is 2. The van der Waals surface area contributed by atoms with Gasteiger partial charge in [-0.1, -0.05) is 30.3 Å². The molecule has 1 aliphatic carbocycles. The van der Waals surface area contributed by atoms with E-state index in [4.69, 9.17) is 9.15 Å². The third-order valence-corrected chi connectivity index (χ3v) is 5.65. The van der Waals surface area contributed by atoms with Crippen molar-refractivity contribution in [3.05, 3.63) is 82.3 Å². The fourth-order valence-corrected chi connectivity index (χ4v) is 4.03. The number of nitrogens with zero attached hydrogens (tertiary/aromatic N) is 1. The maximum Gasteiger partial charge on any atom is 0.291 e. The predicted molar refractivity (Wildman–Crippen MR) is 127 cm³/mol. The number of hydrogen-bond donors (Lipinski definition) is 2. The number of carbonyl (C=O) groups is 2. The summed E-state index contributed by atoms with van der Waals surface area (Å²) in [5, 5.41) is 7.29. The molecule has 0 saturated heterocycles. The Morgan fingerprint density at radius 3 is 2.58 bits per heavy atom. The standard InChI is InChI=1S/C26H27N3O4/c1-4-32-21-14-8-7-12-19(21)27-26(31)24-17(3)23-20(13-9-15-22(23)33-24)28-29-25(30)18-11-6-5-10-16(18)2/h5-8,10-12,14H,4,9,13,15H2,1-3H3,(H,27,31)(H,29,30)/b28-20+. The van der Waals surface area contributed by atoms with E-state index < -0.39 is 0 Å². The van der Waals surface area contributed by atoms with Gasteiger partial charge in [0.2, 0.25) is 0 Å². The second-order valence-corrected chi connectivity index (χ2v) is 7.91. The molecule has 0 fully saturated rings. The zero-order valence-corrected chi connectivity index (χ0v) is 19.0. The molecule has 2 amide bonds. The number of nitrogens with one attached hydrogen (secondary N) is 2. The molecule has 0 atom stereocenters. The van der Waals surface area contributed by atoms with Crippen molar-refractivity contribution in [1.29, 1.82) is 0 Å². The summed E-state index contributed by atoms with van der Waals surface area (Å²) in [5.74, 6) is 0.942. The van der Waals surface area contributed by atoms with Crippen molar-refractivity contribution in [1.82, 2.24) is 5.43 Å². The number of carbonyl (C=O) groups excluding carboxylic acids is 2. The average molecular weight is 446 g/mol. The summed E-state index contributed by atoms with van der Waals surface area (Å²) in [6.07, 6.45) is 2.23. The Balaban J connectivity index is 1.58. The Labute approximate surface area is 192 Å². The lowest BCUT2D eigenvalue weighted by atomic mass is 9.93. The van der Waals surface area contributed by atoms with Crippen LogP contribution in [0.15, 0.2) is 58.0 Å². The van der Waals surface area contributed by atoms with Crippen molar-refractivity contribution in [2.45, 2.75) is 40.0 Å². The third-order valence-electron chi connectivity index (χ3n) is 5.65. The average Bonchev–Trinajstić information content (AvgIpc) is 3.16. The van der Waals surface area contributed by atoms with Gasteiger partial charge in [-0.2, -0.15) is 5.10 Å². The highest BCUT2D eigenvalue weighted by atomic mass is 16.5. The molecular weight excluding hydrogens is 418 g/mol. The molecule has 0 saturated carbocycles. The lowest BCUT2D eigenvalue weighted by Crippen LogP contribution is -2.22. The molecule has 0 radical (unpaired) electrons. The van der Waals surface area contributed by atoms with E-state index in [1.165, 1.54) is 0 Å². The number of para-hydroxylation sites is 2. The van der Waals surface area contributed by atoms with Gasteiger partial charge in [-0.3, -0.25) is 9.59 Å². The summed E-state index contributed by atoms with van der Waals surface area (Å²) in [7, 11) is 0. The van der Waals surface area contributed by atoms with Gasteiger partial charge in [0.25, 0.3) is 11.8 Å². The zero-order chi connectivity index (χ0) is 23.4. The van der Waals surface area contributed by atoms with Gasteiger partial charge in [0.1, 0.15) is 11.5 Å². The van der Waals surface area contributed by atoms with Crippen LogP contribution in [0.3, 0.4) is 0 Å². The molecule has 3 aromatic rings. The second kappa shape index (κ2) is 9.73. The number of ether oxygens (including phenoxy) is 1. The number of rotatable bonds is 6. The van der Waals surface area contributed by atoms with Gasteiger partial charge in [0.15, 0.2) is 5.76 Å². The van der Waals surface area contributed by atoms with Crippen molar-refractivity contribution in [3.63, 3.8) is 0 Å². The number of fused-ring (bicyclic) bond motifs is 1. The molecule has 0 bridgehead atoms. The van der Waals surface area contributed by atoms with Crippen molar-refractivity contribution >= 4 is 23.2 Å². The fraction of sp³-hybridized carbons (Fsp3) is 0.269. The van der Waals surface area contributed by atoms with Crippen molar-refractivity contribution < 1.29 is 18.7 Å². The molecule has 0 unspecified atom stereocenters. The molecule has 7 nitrogen and oxygen atoms in total. The van der Waals surface area contributed by atoms with Crippen LogP contribution in [0, 0.1) is 13.8 Å². The highest BCUT2D eigenvalue weighted by Crippen LogP contribution is 2.31. The summed E-state index contributed by atoms with van der Waals surface area (Å²) >= 11 is 0. The lowest BCUT2D eigenvalue weighted by molar-refractivity contribution is 0.0953. The largest absolute Gasteiger partial charge is 0.492 e. The molecule has 7 heteroatoms. The first-order valence-electron chi connectivity index (χ1n) is 11.1. The van der Waals surface area contributed by atoms with Crippen LogP contribution >= 0.6 is 0 Å². The topological polar surface area (TPSA) is 92.9 Å². The quantitative estimate of drug-likeness (QED) is 0.521. The summed E-state index contributed by atoms with van der Waals surface area (Å²) in [6.45, 7) is 6.11. The van der Waals surface area contributed by atoms with Crippen LogP contribution in [-0.4, -0.2) is 24.1 Å². The van der Waals surface area contributed by atoms with Crippen LogP contribution < -0.4 is 15.5 Å². The Morgan fingerprint density at radius 1 is 1.03 bits per heavy atom. The van der Waals surface area contributed by atoms with E-state index in [1.807, 2.05) is 51.1 Å². The van der Waals surface area contributed by atoms with Crippen LogP contribution in [0.1, 0.15) is 63.1 Å². The number of hydrazone groups is 1. The second-order valence-electron chi connectivity index (χ2n) is 7.91. The van der Waals surface area contributed by atoms with E-state index in [0.29, 0.717) is 53.5 Å². The van der Waals surface area contributed by atoms with Gasteiger partial charge in [-0.25, -0.2) is 5.43 Å². The highest BCUT2D eigenvalue weighted by molar-refractivity contribution is 6.10. The first-order chi connectivity index (χ1) is 16.0. The molecular formula is C26H27N3O4.